The second-order valence-electron chi connectivity index (χ2n) is 5.81. The maximum absolute atomic E-state index is 12.0. The second-order valence-corrected chi connectivity index (χ2v) is 6.22. The van der Waals surface area contributed by atoms with E-state index in [4.69, 9.17) is 11.6 Å². The standard InChI is InChI=1S/C18H21ClN4O/c19-16-13-15(6-7-17(16)23-11-3-4-12-23)22-18(24)21-10-8-14-5-1-2-9-20-14/h1-2,5-7,9,13H,3-4,8,10-12H2,(H2,21,22,24). The van der Waals surface area contributed by atoms with Gasteiger partial charge in [0.15, 0.2) is 0 Å². The van der Waals surface area contributed by atoms with Crippen LogP contribution in [-0.4, -0.2) is 30.6 Å². The molecule has 2 N–H and O–H groups in total. The summed E-state index contributed by atoms with van der Waals surface area (Å²) in [7, 11) is 0. The van der Waals surface area contributed by atoms with E-state index in [0.717, 1.165) is 24.5 Å². The number of carbonyl (C=O) groups is 1. The quantitative estimate of drug-likeness (QED) is 0.869. The van der Waals surface area contributed by atoms with Crippen LogP contribution in [0.15, 0.2) is 42.6 Å². The average Bonchev–Trinajstić information content (AvgIpc) is 3.10. The lowest BCUT2D eigenvalue weighted by Gasteiger charge is -2.19. The van der Waals surface area contributed by atoms with E-state index in [-0.39, 0.29) is 6.03 Å². The fourth-order valence-corrected chi connectivity index (χ4v) is 3.12. The second kappa shape index (κ2) is 8.02. The number of aromatic nitrogens is 1. The van der Waals surface area contributed by atoms with Crippen molar-refractivity contribution in [3.8, 4) is 0 Å². The van der Waals surface area contributed by atoms with Gasteiger partial charge in [-0.3, -0.25) is 4.98 Å². The van der Waals surface area contributed by atoms with Crippen LogP contribution in [0.3, 0.4) is 0 Å². The van der Waals surface area contributed by atoms with Gasteiger partial charge in [-0.05, 0) is 43.2 Å². The molecule has 24 heavy (non-hydrogen) atoms. The van der Waals surface area contributed by atoms with E-state index >= 15 is 0 Å². The number of hydrogen-bond donors (Lipinski definition) is 2. The third kappa shape index (κ3) is 4.38. The fraction of sp³-hybridized carbons (Fsp3) is 0.333. The van der Waals surface area contributed by atoms with Gasteiger partial charge in [-0.25, -0.2) is 4.79 Å². The molecule has 2 aromatic rings. The zero-order chi connectivity index (χ0) is 16.8. The molecule has 2 amide bonds. The minimum absolute atomic E-state index is 0.240. The Labute approximate surface area is 147 Å². The lowest BCUT2D eigenvalue weighted by Crippen LogP contribution is -2.30. The number of hydrogen-bond acceptors (Lipinski definition) is 3. The molecule has 0 saturated carbocycles. The van der Waals surface area contributed by atoms with E-state index in [1.165, 1.54) is 12.8 Å². The molecule has 1 aromatic carbocycles. The maximum atomic E-state index is 12.0. The van der Waals surface area contributed by atoms with Crippen LogP contribution in [0.5, 0.6) is 0 Å². The number of halogens is 1. The SMILES string of the molecule is O=C(NCCc1ccccn1)Nc1ccc(N2CCCC2)c(Cl)c1. The molecule has 1 aliphatic heterocycles. The molecule has 6 heteroatoms. The minimum atomic E-state index is -0.240. The Morgan fingerprint density at radius 1 is 1.21 bits per heavy atom. The maximum Gasteiger partial charge on any atom is 0.319 e. The first-order valence-electron chi connectivity index (χ1n) is 8.21. The average molecular weight is 345 g/mol. The summed E-state index contributed by atoms with van der Waals surface area (Å²) in [6.45, 7) is 2.61. The number of carbonyl (C=O) groups excluding carboxylic acids is 1. The van der Waals surface area contributed by atoms with Gasteiger partial charge in [0.05, 0.1) is 10.7 Å². The first kappa shape index (κ1) is 16.6. The van der Waals surface area contributed by atoms with Gasteiger partial charge in [0.2, 0.25) is 0 Å². The zero-order valence-electron chi connectivity index (χ0n) is 13.5. The van der Waals surface area contributed by atoms with Crippen molar-refractivity contribution in [1.29, 1.82) is 0 Å². The third-order valence-corrected chi connectivity index (χ3v) is 4.35. The first-order valence-corrected chi connectivity index (χ1v) is 8.59. The van der Waals surface area contributed by atoms with Crippen LogP contribution in [0.2, 0.25) is 5.02 Å². The molecule has 0 radical (unpaired) electrons. The van der Waals surface area contributed by atoms with E-state index in [1.807, 2.05) is 30.3 Å². The molecule has 0 aliphatic carbocycles. The van der Waals surface area contributed by atoms with Crippen LogP contribution >= 0.6 is 11.6 Å². The van der Waals surface area contributed by atoms with Crippen molar-refractivity contribution in [2.24, 2.45) is 0 Å². The summed E-state index contributed by atoms with van der Waals surface area (Å²) in [5.41, 5.74) is 2.68. The van der Waals surface area contributed by atoms with Crippen molar-refractivity contribution in [1.82, 2.24) is 10.3 Å². The van der Waals surface area contributed by atoms with Gasteiger partial charge in [-0.1, -0.05) is 17.7 Å². The van der Waals surface area contributed by atoms with Crippen LogP contribution < -0.4 is 15.5 Å². The van der Waals surface area contributed by atoms with Crippen molar-refractivity contribution in [3.63, 3.8) is 0 Å². The molecule has 0 spiro atoms. The molecule has 2 heterocycles. The van der Waals surface area contributed by atoms with Crippen molar-refractivity contribution in [2.75, 3.05) is 29.9 Å². The predicted octanol–water partition coefficient (Wildman–Crippen LogP) is 3.70. The normalized spacial score (nSPS) is 13.8. The Morgan fingerprint density at radius 3 is 2.75 bits per heavy atom. The molecular weight excluding hydrogens is 324 g/mol. The predicted molar refractivity (Wildman–Crippen MR) is 97.9 cm³/mol. The summed E-state index contributed by atoms with van der Waals surface area (Å²) in [5.74, 6) is 0. The lowest BCUT2D eigenvalue weighted by atomic mass is 10.2. The molecule has 1 aliphatic rings. The summed E-state index contributed by atoms with van der Waals surface area (Å²) in [6, 6.07) is 11.2. The molecule has 1 aromatic heterocycles. The van der Waals surface area contributed by atoms with Crippen LogP contribution in [0, 0.1) is 0 Å². The Balaban J connectivity index is 1.50. The minimum Gasteiger partial charge on any atom is -0.370 e. The van der Waals surface area contributed by atoms with Crippen LogP contribution in [-0.2, 0) is 6.42 Å². The highest BCUT2D eigenvalue weighted by molar-refractivity contribution is 6.33. The monoisotopic (exact) mass is 344 g/mol. The Kier molecular flexibility index (Phi) is 5.54. The van der Waals surface area contributed by atoms with E-state index < -0.39 is 0 Å². The summed E-state index contributed by atoms with van der Waals surface area (Å²) >= 11 is 6.36. The molecule has 0 bridgehead atoms. The molecule has 3 rings (SSSR count). The van der Waals surface area contributed by atoms with Gasteiger partial charge >= 0.3 is 6.03 Å². The number of urea groups is 1. The number of benzene rings is 1. The molecule has 0 atom stereocenters. The molecule has 1 saturated heterocycles. The van der Waals surface area contributed by atoms with Crippen molar-refractivity contribution < 1.29 is 4.79 Å². The number of anilines is 2. The first-order chi connectivity index (χ1) is 11.7. The van der Waals surface area contributed by atoms with Gasteiger partial charge in [0.25, 0.3) is 0 Å². The molecule has 1 fully saturated rings. The van der Waals surface area contributed by atoms with Crippen LogP contribution in [0.4, 0.5) is 16.2 Å². The summed E-state index contributed by atoms with van der Waals surface area (Å²) in [5, 5.41) is 6.31. The topological polar surface area (TPSA) is 57.3 Å². The van der Waals surface area contributed by atoms with Gasteiger partial charge in [0.1, 0.15) is 0 Å². The largest absolute Gasteiger partial charge is 0.370 e. The van der Waals surface area contributed by atoms with Crippen molar-refractivity contribution in [3.05, 3.63) is 53.3 Å². The summed E-state index contributed by atoms with van der Waals surface area (Å²) in [6.07, 6.45) is 4.85. The number of nitrogens with zero attached hydrogens (tertiary/aromatic N) is 2. The van der Waals surface area contributed by atoms with Crippen LogP contribution in [0.25, 0.3) is 0 Å². The van der Waals surface area contributed by atoms with Gasteiger partial charge in [-0.15, -0.1) is 0 Å². The van der Waals surface area contributed by atoms with E-state index in [0.29, 0.717) is 23.7 Å². The Hall–Kier alpha value is -2.27. The molecule has 5 nitrogen and oxygen atoms in total. The van der Waals surface area contributed by atoms with Crippen molar-refractivity contribution >= 4 is 29.0 Å². The number of pyridine rings is 1. The highest BCUT2D eigenvalue weighted by Gasteiger charge is 2.15. The smallest absolute Gasteiger partial charge is 0.319 e. The number of nitrogens with one attached hydrogen (secondary N) is 2. The van der Waals surface area contributed by atoms with E-state index in [9.17, 15) is 4.79 Å². The van der Waals surface area contributed by atoms with Crippen LogP contribution in [0.1, 0.15) is 18.5 Å². The summed E-state index contributed by atoms with van der Waals surface area (Å²) in [4.78, 5) is 18.5. The zero-order valence-corrected chi connectivity index (χ0v) is 14.2. The van der Waals surface area contributed by atoms with E-state index in [1.54, 1.807) is 12.3 Å². The third-order valence-electron chi connectivity index (χ3n) is 4.05. The number of amides is 2. The van der Waals surface area contributed by atoms with Gasteiger partial charge in [0, 0.05) is 43.6 Å². The summed E-state index contributed by atoms with van der Waals surface area (Å²) < 4.78 is 0. The van der Waals surface area contributed by atoms with Gasteiger partial charge in [-0.2, -0.15) is 0 Å². The number of rotatable bonds is 5. The fourth-order valence-electron chi connectivity index (χ4n) is 2.82. The van der Waals surface area contributed by atoms with Gasteiger partial charge < -0.3 is 15.5 Å². The molecule has 0 unspecified atom stereocenters. The van der Waals surface area contributed by atoms with Crippen molar-refractivity contribution in [2.45, 2.75) is 19.3 Å². The Morgan fingerprint density at radius 2 is 2.04 bits per heavy atom. The lowest BCUT2D eigenvalue weighted by molar-refractivity contribution is 0.252. The molecular formula is C18H21ClN4O. The van der Waals surface area contributed by atoms with E-state index in [2.05, 4.69) is 20.5 Å². The highest BCUT2D eigenvalue weighted by atomic mass is 35.5. The Bertz CT molecular complexity index is 687. The highest BCUT2D eigenvalue weighted by Crippen LogP contribution is 2.31. The molecule has 126 valence electrons.